The molecule has 4 rings (SSSR count). The molecule has 0 saturated carbocycles. The van der Waals surface area contributed by atoms with Crippen molar-refractivity contribution in [2.24, 2.45) is 0 Å². The van der Waals surface area contributed by atoms with Gasteiger partial charge in [-0.2, -0.15) is 4.98 Å². The molecule has 1 saturated heterocycles. The SMILES string of the molecule is Cc1nc2c3c(nc(=O)n(I)c3c1F)N1CCN(C)CC1C(=O)N2. The van der Waals surface area contributed by atoms with Crippen molar-refractivity contribution in [3.63, 3.8) is 0 Å². The lowest BCUT2D eigenvalue weighted by atomic mass is 10.1. The average Bonchev–Trinajstić information content (AvgIpc) is 2.64. The Hall–Kier alpha value is -1.82. The molecular formula is C14H14FIN6O2. The van der Waals surface area contributed by atoms with Crippen molar-refractivity contribution in [2.75, 3.05) is 36.9 Å². The number of nitrogens with one attached hydrogen (secondary N) is 1. The molecule has 1 N–H and O–H groups in total. The van der Waals surface area contributed by atoms with Crippen molar-refractivity contribution < 1.29 is 9.18 Å². The van der Waals surface area contributed by atoms with E-state index in [9.17, 15) is 14.0 Å². The molecule has 2 aromatic heterocycles. The second kappa shape index (κ2) is 5.34. The fraction of sp³-hybridized carbons (Fsp3) is 0.429. The van der Waals surface area contributed by atoms with Gasteiger partial charge < -0.3 is 15.1 Å². The van der Waals surface area contributed by atoms with E-state index in [2.05, 4.69) is 15.3 Å². The number of amides is 1. The maximum atomic E-state index is 14.7. The van der Waals surface area contributed by atoms with Crippen molar-refractivity contribution in [1.29, 1.82) is 0 Å². The molecule has 10 heteroatoms. The van der Waals surface area contributed by atoms with Gasteiger partial charge in [-0.15, -0.1) is 0 Å². The van der Waals surface area contributed by atoms with Crippen LogP contribution in [0.2, 0.25) is 0 Å². The second-order valence-electron chi connectivity index (χ2n) is 6.04. The molecule has 24 heavy (non-hydrogen) atoms. The summed E-state index contributed by atoms with van der Waals surface area (Å²) in [4.78, 5) is 37.0. The lowest BCUT2D eigenvalue weighted by Crippen LogP contribution is -2.56. The predicted octanol–water partition coefficient (Wildman–Crippen LogP) is 0.510. The van der Waals surface area contributed by atoms with Crippen LogP contribution in [0, 0.1) is 12.7 Å². The summed E-state index contributed by atoms with van der Waals surface area (Å²) in [5.74, 6) is -0.239. The van der Waals surface area contributed by atoms with Crippen LogP contribution in [0.4, 0.5) is 16.0 Å². The predicted molar refractivity (Wildman–Crippen MR) is 95.2 cm³/mol. The number of carbonyl (C=O) groups is 1. The van der Waals surface area contributed by atoms with E-state index in [1.807, 2.05) is 11.9 Å². The van der Waals surface area contributed by atoms with Crippen LogP contribution in [0.15, 0.2) is 4.79 Å². The maximum Gasteiger partial charge on any atom is 0.359 e. The van der Waals surface area contributed by atoms with E-state index in [1.54, 1.807) is 27.8 Å². The summed E-state index contributed by atoms with van der Waals surface area (Å²) >= 11 is 1.72. The third-order valence-electron chi connectivity index (χ3n) is 4.47. The highest BCUT2D eigenvalue weighted by Crippen LogP contribution is 2.36. The van der Waals surface area contributed by atoms with Crippen molar-refractivity contribution in [3.05, 3.63) is 22.0 Å². The molecule has 126 valence electrons. The summed E-state index contributed by atoms with van der Waals surface area (Å²) in [6.45, 7) is 3.25. The third-order valence-corrected chi connectivity index (χ3v) is 5.36. The molecule has 0 aromatic carbocycles. The summed E-state index contributed by atoms with van der Waals surface area (Å²) < 4.78 is 15.8. The summed E-state index contributed by atoms with van der Waals surface area (Å²) in [7, 11) is 1.93. The van der Waals surface area contributed by atoms with E-state index in [-0.39, 0.29) is 22.9 Å². The minimum absolute atomic E-state index is 0.105. The van der Waals surface area contributed by atoms with Gasteiger partial charge in [0.1, 0.15) is 23.2 Å². The van der Waals surface area contributed by atoms with Gasteiger partial charge in [-0.05, 0) is 14.0 Å². The molecule has 0 bridgehead atoms. The van der Waals surface area contributed by atoms with E-state index < -0.39 is 17.5 Å². The number of halogens is 2. The second-order valence-corrected chi connectivity index (χ2v) is 7.01. The van der Waals surface area contributed by atoms with Gasteiger partial charge in [0.05, 0.1) is 33.9 Å². The molecule has 4 heterocycles. The minimum atomic E-state index is -0.578. The van der Waals surface area contributed by atoms with E-state index in [0.29, 0.717) is 24.3 Å². The van der Waals surface area contributed by atoms with Crippen LogP contribution in [0.3, 0.4) is 0 Å². The Kier molecular flexibility index (Phi) is 3.49. The normalized spacial score (nSPS) is 20.8. The number of aryl methyl sites for hydroxylation is 1. The number of nitrogens with zero attached hydrogens (tertiary/aromatic N) is 5. The third kappa shape index (κ3) is 2.12. The Morgan fingerprint density at radius 2 is 2.04 bits per heavy atom. The lowest BCUT2D eigenvalue weighted by Gasteiger charge is -2.38. The van der Waals surface area contributed by atoms with Crippen LogP contribution in [-0.2, 0) is 4.79 Å². The number of hydrogen-bond acceptors (Lipinski definition) is 6. The summed E-state index contributed by atoms with van der Waals surface area (Å²) in [6.07, 6.45) is 0. The molecule has 1 amide bonds. The van der Waals surface area contributed by atoms with E-state index >= 15 is 0 Å². The zero-order chi connectivity index (χ0) is 17.2. The number of pyridine rings is 1. The number of anilines is 2. The van der Waals surface area contributed by atoms with Gasteiger partial charge in [-0.3, -0.25) is 4.79 Å². The highest BCUT2D eigenvalue weighted by molar-refractivity contribution is 14.1. The van der Waals surface area contributed by atoms with Gasteiger partial charge in [-0.25, -0.2) is 16.9 Å². The monoisotopic (exact) mass is 444 g/mol. The van der Waals surface area contributed by atoms with Crippen LogP contribution in [0.25, 0.3) is 10.9 Å². The Morgan fingerprint density at radius 3 is 2.79 bits per heavy atom. The zero-order valence-electron chi connectivity index (χ0n) is 13.0. The standard InChI is InChI=1S/C14H14FIN6O2/c1-6-9(15)10-8-11(17-6)18-13(23)7-5-20(2)3-4-21(7)12(8)19-14(24)22(10)16/h7H,3-5H2,1-2H3,(H,17,18,23). The number of carbonyl (C=O) groups excluding carboxylic acids is 1. The molecule has 1 unspecified atom stereocenters. The van der Waals surface area contributed by atoms with Crippen molar-refractivity contribution in [2.45, 2.75) is 13.0 Å². The Labute approximate surface area is 150 Å². The van der Waals surface area contributed by atoms with Gasteiger partial charge in [-0.1, -0.05) is 0 Å². The Bertz CT molecular complexity index is 945. The van der Waals surface area contributed by atoms with Crippen LogP contribution in [-0.4, -0.2) is 56.3 Å². The first kappa shape index (κ1) is 15.7. The molecule has 2 aromatic rings. The van der Waals surface area contributed by atoms with Crippen LogP contribution in [0.5, 0.6) is 0 Å². The van der Waals surface area contributed by atoms with Gasteiger partial charge in [0.15, 0.2) is 5.82 Å². The number of aromatic nitrogens is 3. The first-order valence-corrected chi connectivity index (χ1v) is 8.40. The van der Waals surface area contributed by atoms with Gasteiger partial charge in [0.25, 0.3) is 0 Å². The van der Waals surface area contributed by atoms with Crippen molar-refractivity contribution in [3.8, 4) is 0 Å². The molecule has 2 aliphatic rings. The topological polar surface area (TPSA) is 83.4 Å². The van der Waals surface area contributed by atoms with E-state index in [0.717, 1.165) is 9.33 Å². The van der Waals surface area contributed by atoms with Gasteiger partial charge >= 0.3 is 5.69 Å². The largest absolute Gasteiger partial charge is 0.359 e. The Morgan fingerprint density at radius 1 is 1.29 bits per heavy atom. The number of piperazine rings is 1. The molecule has 0 aliphatic carbocycles. The quantitative estimate of drug-likeness (QED) is 0.597. The van der Waals surface area contributed by atoms with E-state index in [4.69, 9.17) is 0 Å². The van der Waals surface area contributed by atoms with Crippen molar-refractivity contribution >= 4 is 51.3 Å². The number of likely N-dealkylation sites (N-methyl/N-ethyl adjacent to an activating group) is 1. The maximum absolute atomic E-state index is 14.7. The van der Waals surface area contributed by atoms with Crippen molar-refractivity contribution in [1.82, 2.24) is 17.6 Å². The Balaban J connectivity index is 2.10. The molecular weight excluding hydrogens is 430 g/mol. The van der Waals surface area contributed by atoms with Crippen LogP contribution < -0.4 is 15.9 Å². The molecule has 0 radical (unpaired) electrons. The smallest absolute Gasteiger partial charge is 0.341 e. The number of hydrogen-bond donors (Lipinski definition) is 1. The summed E-state index contributed by atoms with van der Waals surface area (Å²) in [5, 5.41) is 3.15. The lowest BCUT2D eigenvalue weighted by molar-refractivity contribution is -0.118. The molecule has 1 fully saturated rings. The number of rotatable bonds is 0. The number of fused-ring (bicyclic) bond motifs is 2. The highest BCUT2D eigenvalue weighted by Gasteiger charge is 2.38. The van der Waals surface area contributed by atoms with Crippen LogP contribution in [0.1, 0.15) is 5.69 Å². The highest BCUT2D eigenvalue weighted by atomic mass is 127. The summed E-state index contributed by atoms with van der Waals surface area (Å²) in [5.41, 5.74) is -0.342. The fourth-order valence-electron chi connectivity index (χ4n) is 3.24. The summed E-state index contributed by atoms with van der Waals surface area (Å²) in [6, 6.07) is -0.499. The van der Waals surface area contributed by atoms with Gasteiger partial charge in [0, 0.05) is 19.6 Å². The fourth-order valence-corrected chi connectivity index (χ4v) is 3.80. The van der Waals surface area contributed by atoms with Crippen LogP contribution >= 0.6 is 22.9 Å². The molecule has 2 aliphatic heterocycles. The average molecular weight is 444 g/mol. The molecule has 0 spiro atoms. The first-order valence-electron chi connectivity index (χ1n) is 7.43. The minimum Gasteiger partial charge on any atom is -0.341 e. The van der Waals surface area contributed by atoms with Gasteiger partial charge in [0.2, 0.25) is 5.91 Å². The molecule has 8 nitrogen and oxygen atoms in total. The zero-order valence-corrected chi connectivity index (χ0v) is 15.2. The molecule has 1 atom stereocenters. The van der Waals surface area contributed by atoms with E-state index in [1.165, 1.54) is 6.92 Å². The first-order chi connectivity index (χ1) is 11.4.